The second-order valence-electron chi connectivity index (χ2n) is 23.8. The van der Waals surface area contributed by atoms with Gasteiger partial charge in [0, 0.05) is 19.3 Å². The maximum absolute atomic E-state index is 13.0. The number of esters is 3. The molecule has 0 heterocycles. The summed E-state index contributed by atoms with van der Waals surface area (Å²) in [7, 11) is 0. The van der Waals surface area contributed by atoms with Gasteiger partial charge in [0.1, 0.15) is 13.2 Å². The molecule has 83 heavy (non-hydrogen) atoms. The van der Waals surface area contributed by atoms with Crippen molar-refractivity contribution < 1.29 is 28.6 Å². The molecular formula is C77H134O6. The van der Waals surface area contributed by atoms with Gasteiger partial charge in [-0.05, 0) is 83.5 Å². The van der Waals surface area contributed by atoms with Crippen LogP contribution in [-0.2, 0) is 28.6 Å². The Labute approximate surface area is 515 Å². The minimum Gasteiger partial charge on any atom is -0.462 e. The highest BCUT2D eigenvalue weighted by Gasteiger charge is 2.19. The molecule has 6 nitrogen and oxygen atoms in total. The first-order chi connectivity index (χ1) is 41.0. The van der Waals surface area contributed by atoms with Crippen LogP contribution in [0.3, 0.4) is 0 Å². The van der Waals surface area contributed by atoms with Crippen LogP contribution in [0.5, 0.6) is 0 Å². The van der Waals surface area contributed by atoms with Crippen LogP contribution >= 0.6 is 0 Å². The van der Waals surface area contributed by atoms with E-state index in [2.05, 4.69) is 118 Å². The van der Waals surface area contributed by atoms with E-state index in [1.54, 1.807) is 0 Å². The lowest BCUT2D eigenvalue weighted by atomic mass is 10.0. The molecule has 0 N–H and O–H groups in total. The summed E-state index contributed by atoms with van der Waals surface area (Å²) < 4.78 is 17.0. The lowest BCUT2D eigenvalue weighted by Crippen LogP contribution is -2.30. The zero-order chi connectivity index (χ0) is 59.9. The number of allylic oxidation sites excluding steroid dienone is 16. The van der Waals surface area contributed by atoms with Crippen molar-refractivity contribution >= 4 is 17.9 Å². The van der Waals surface area contributed by atoms with Crippen molar-refractivity contribution in [3.05, 3.63) is 97.2 Å². The first kappa shape index (κ1) is 79.3. The molecule has 1 atom stereocenters. The van der Waals surface area contributed by atoms with Gasteiger partial charge in [-0.25, -0.2) is 0 Å². The average Bonchev–Trinajstić information content (AvgIpc) is 3.49. The molecule has 478 valence electrons. The van der Waals surface area contributed by atoms with E-state index < -0.39 is 6.10 Å². The molecule has 0 saturated heterocycles. The summed E-state index contributed by atoms with van der Waals surface area (Å²) in [5, 5.41) is 0. The van der Waals surface area contributed by atoms with Gasteiger partial charge in [-0.3, -0.25) is 14.4 Å². The van der Waals surface area contributed by atoms with Crippen LogP contribution in [0.1, 0.15) is 355 Å². The molecule has 0 amide bonds. The van der Waals surface area contributed by atoms with Crippen molar-refractivity contribution in [2.24, 2.45) is 0 Å². The van der Waals surface area contributed by atoms with E-state index in [1.165, 1.54) is 193 Å². The topological polar surface area (TPSA) is 78.9 Å². The molecular weight excluding hydrogens is 1020 g/mol. The Bertz CT molecular complexity index is 1610. The van der Waals surface area contributed by atoms with Gasteiger partial charge in [0.05, 0.1) is 0 Å². The van der Waals surface area contributed by atoms with E-state index in [-0.39, 0.29) is 31.1 Å². The van der Waals surface area contributed by atoms with Gasteiger partial charge in [0.15, 0.2) is 6.10 Å². The Kier molecular flexibility index (Phi) is 67.7. The van der Waals surface area contributed by atoms with E-state index >= 15 is 0 Å². The standard InChI is InChI=1S/C77H134O6/c1-4-7-10-13-16-19-22-25-27-29-31-33-34-35-36-37-38-39-40-41-42-44-45-47-49-52-55-58-61-64-67-70-76(79)82-73-74(72-81-75(78)69-66-63-60-57-54-51-24-21-18-15-12-9-6-3)83-77(80)71-68-65-62-59-56-53-50-48-46-43-32-30-28-26-23-20-17-14-11-8-5-2/h7,10,16,19,25,27,31,33,35-36,38-39,41-42,45,47,74H,4-6,8-9,11-15,17-18,20-24,26,28-30,32,34,37,40,43-44,46,48-73H2,1-3H3/b10-7-,19-16-,27-25-,33-31-,36-35-,39-38-,42-41-,47-45-. The van der Waals surface area contributed by atoms with Crippen molar-refractivity contribution in [2.45, 2.75) is 361 Å². The molecule has 0 aliphatic carbocycles. The number of hydrogen-bond acceptors (Lipinski definition) is 6. The van der Waals surface area contributed by atoms with Crippen LogP contribution in [0, 0.1) is 0 Å². The molecule has 6 heteroatoms. The van der Waals surface area contributed by atoms with E-state index in [4.69, 9.17) is 14.2 Å². The van der Waals surface area contributed by atoms with Gasteiger partial charge in [0.25, 0.3) is 0 Å². The Hall–Kier alpha value is -3.67. The molecule has 0 saturated carbocycles. The van der Waals surface area contributed by atoms with Gasteiger partial charge in [0.2, 0.25) is 0 Å². The SMILES string of the molecule is CC/C=C\C/C=C\C/C=C\C/C=C\C/C=C\C/C=C\C/C=C\C/C=C\CCCCCCCCC(=O)OCC(COC(=O)CCCCCCCCCCCCCCC)OC(=O)CCCCCCCCCCCCCCCCCCCCCCC. The number of ether oxygens (including phenoxy) is 3. The highest BCUT2D eigenvalue weighted by atomic mass is 16.6. The fourth-order valence-corrected chi connectivity index (χ4v) is 10.3. The predicted molar refractivity (Wildman–Crippen MR) is 362 cm³/mol. The van der Waals surface area contributed by atoms with E-state index in [0.29, 0.717) is 19.3 Å². The number of carbonyl (C=O) groups is 3. The molecule has 1 unspecified atom stereocenters. The van der Waals surface area contributed by atoms with Crippen LogP contribution in [0.2, 0.25) is 0 Å². The average molecular weight is 1160 g/mol. The third-order valence-corrected chi connectivity index (χ3v) is 15.6. The molecule has 0 radical (unpaired) electrons. The lowest BCUT2D eigenvalue weighted by Gasteiger charge is -2.18. The molecule has 0 bridgehead atoms. The summed E-state index contributed by atoms with van der Waals surface area (Å²) >= 11 is 0. The van der Waals surface area contributed by atoms with Crippen LogP contribution in [0.15, 0.2) is 97.2 Å². The quantitative estimate of drug-likeness (QED) is 0.0261. The smallest absolute Gasteiger partial charge is 0.306 e. The third-order valence-electron chi connectivity index (χ3n) is 15.6. The Morgan fingerprint density at radius 1 is 0.253 bits per heavy atom. The molecule has 0 aromatic carbocycles. The third kappa shape index (κ3) is 69.0. The van der Waals surface area contributed by atoms with E-state index in [0.717, 1.165) is 122 Å². The first-order valence-electron chi connectivity index (χ1n) is 35.7. The zero-order valence-electron chi connectivity index (χ0n) is 54.9. The number of rotatable bonds is 65. The van der Waals surface area contributed by atoms with Crippen molar-refractivity contribution in [3.63, 3.8) is 0 Å². The molecule has 0 aliphatic heterocycles. The highest BCUT2D eigenvalue weighted by Crippen LogP contribution is 2.18. The fourth-order valence-electron chi connectivity index (χ4n) is 10.3. The van der Waals surface area contributed by atoms with Gasteiger partial charge in [-0.15, -0.1) is 0 Å². The molecule has 0 aliphatic rings. The van der Waals surface area contributed by atoms with Crippen LogP contribution in [0.25, 0.3) is 0 Å². The zero-order valence-corrected chi connectivity index (χ0v) is 54.9. The monoisotopic (exact) mass is 1160 g/mol. The van der Waals surface area contributed by atoms with Gasteiger partial charge in [-0.1, -0.05) is 349 Å². The van der Waals surface area contributed by atoms with Crippen LogP contribution < -0.4 is 0 Å². The van der Waals surface area contributed by atoms with Crippen molar-refractivity contribution in [3.8, 4) is 0 Å². The van der Waals surface area contributed by atoms with Crippen molar-refractivity contribution in [1.82, 2.24) is 0 Å². The summed E-state index contributed by atoms with van der Waals surface area (Å²) in [5.41, 5.74) is 0. The van der Waals surface area contributed by atoms with Crippen LogP contribution in [0.4, 0.5) is 0 Å². The molecule has 0 aromatic heterocycles. The molecule has 0 spiro atoms. The van der Waals surface area contributed by atoms with Crippen molar-refractivity contribution in [1.29, 1.82) is 0 Å². The minimum atomic E-state index is -0.782. The summed E-state index contributed by atoms with van der Waals surface area (Å²) in [4.78, 5) is 38.4. The highest BCUT2D eigenvalue weighted by molar-refractivity contribution is 5.71. The van der Waals surface area contributed by atoms with E-state index in [9.17, 15) is 14.4 Å². The Balaban J connectivity index is 4.30. The van der Waals surface area contributed by atoms with Crippen LogP contribution in [-0.4, -0.2) is 37.2 Å². The molecule has 0 fully saturated rings. The summed E-state index contributed by atoms with van der Waals surface area (Å²) in [6.45, 7) is 6.57. The maximum atomic E-state index is 13.0. The normalized spacial score (nSPS) is 12.7. The fraction of sp³-hybridized carbons (Fsp3) is 0.753. The molecule has 0 rings (SSSR count). The van der Waals surface area contributed by atoms with E-state index in [1.807, 2.05) is 0 Å². The number of hydrogen-bond donors (Lipinski definition) is 0. The first-order valence-corrected chi connectivity index (χ1v) is 35.7. The Morgan fingerprint density at radius 3 is 0.735 bits per heavy atom. The summed E-state index contributed by atoms with van der Waals surface area (Å²) in [6.07, 6.45) is 95.7. The number of carbonyl (C=O) groups excluding carboxylic acids is 3. The lowest BCUT2D eigenvalue weighted by molar-refractivity contribution is -0.167. The number of unbranched alkanes of at least 4 members (excludes halogenated alkanes) is 38. The predicted octanol–water partition coefficient (Wildman–Crippen LogP) is 24.8. The molecule has 0 aromatic rings. The Morgan fingerprint density at radius 2 is 0.470 bits per heavy atom. The van der Waals surface area contributed by atoms with Gasteiger partial charge >= 0.3 is 17.9 Å². The van der Waals surface area contributed by atoms with Gasteiger partial charge < -0.3 is 14.2 Å². The minimum absolute atomic E-state index is 0.0768. The largest absolute Gasteiger partial charge is 0.462 e. The second kappa shape index (κ2) is 70.8. The maximum Gasteiger partial charge on any atom is 0.306 e. The summed E-state index contributed by atoms with van der Waals surface area (Å²) in [6, 6.07) is 0. The summed E-state index contributed by atoms with van der Waals surface area (Å²) in [5.74, 6) is -0.872. The second-order valence-corrected chi connectivity index (χ2v) is 23.8. The van der Waals surface area contributed by atoms with Gasteiger partial charge in [-0.2, -0.15) is 0 Å². The van der Waals surface area contributed by atoms with Crippen molar-refractivity contribution in [2.75, 3.05) is 13.2 Å².